The number of ether oxygens (including phenoxy) is 2. The monoisotopic (exact) mass is 324 g/mol. The second-order valence-corrected chi connectivity index (χ2v) is 5.29. The van der Waals surface area contributed by atoms with E-state index in [2.05, 4.69) is 22.0 Å². The van der Waals surface area contributed by atoms with Gasteiger partial charge in [-0.3, -0.25) is 4.48 Å². The second kappa shape index (κ2) is 7.11. The molecule has 0 unspecified atom stereocenters. The molecule has 0 amide bonds. The Morgan fingerprint density at radius 3 is 1.62 bits per heavy atom. The van der Waals surface area contributed by atoms with Gasteiger partial charge < -0.3 is 9.47 Å². The van der Waals surface area contributed by atoms with Gasteiger partial charge in [0.05, 0.1) is 34.4 Å². The van der Waals surface area contributed by atoms with Crippen LogP contribution in [0.15, 0.2) is 0 Å². The van der Waals surface area contributed by atoms with Crippen molar-refractivity contribution in [1.82, 2.24) is 19.4 Å². The van der Waals surface area contributed by atoms with Crippen molar-refractivity contribution in [3.8, 4) is 12.0 Å². The number of hydrogen-bond acceptors (Lipinski definition) is 9. The number of nitrogens with zero attached hydrogens (tertiary/aromatic N) is 4. The number of methoxy groups -OCH3 is 2. The fourth-order valence-corrected chi connectivity index (χ4v) is 1.99. The van der Waals surface area contributed by atoms with Gasteiger partial charge in [0, 0.05) is 12.8 Å². The third kappa shape index (κ3) is 5.91. The lowest BCUT2D eigenvalue weighted by atomic mass is 10.4. The summed E-state index contributed by atoms with van der Waals surface area (Å²) in [5.41, 5.74) is 0. The Morgan fingerprint density at radius 2 is 1.29 bits per heavy atom. The van der Waals surface area contributed by atoms with Crippen LogP contribution in [0.25, 0.3) is 0 Å². The van der Waals surface area contributed by atoms with Crippen molar-refractivity contribution in [3.63, 3.8) is 0 Å². The van der Waals surface area contributed by atoms with Gasteiger partial charge in [-0.05, 0) is 0 Å². The highest BCUT2D eigenvalue weighted by molar-refractivity contribution is 5.28. The quantitative estimate of drug-likeness (QED) is 0.505. The highest BCUT2D eigenvalue weighted by Crippen LogP contribution is 2.25. The van der Waals surface area contributed by atoms with Crippen LogP contribution in [-0.2, 0) is 0 Å². The van der Waals surface area contributed by atoms with Crippen LogP contribution in [0.3, 0.4) is 0 Å². The summed E-state index contributed by atoms with van der Waals surface area (Å²) in [5, 5.41) is 0. The first-order chi connectivity index (χ1) is 9.68. The van der Waals surface area contributed by atoms with Gasteiger partial charge >= 0.3 is 18.0 Å². The molecule has 120 valence electrons. The van der Waals surface area contributed by atoms with E-state index in [0.29, 0.717) is 12.0 Å². The van der Waals surface area contributed by atoms with Crippen LogP contribution < -0.4 is 32.6 Å². The molecule has 0 bridgehead atoms. The molecule has 0 N–H and O–H groups in total. The third-order valence-corrected chi connectivity index (χ3v) is 2.98. The van der Waals surface area contributed by atoms with Gasteiger partial charge in [-0.25, -0.2) is 18.6 Å². The lowest BCUT2D eigenvalue weighted by molar-refractivity contribution is -2.00. The van der Waals surface area contributed by atoms with E-state index in [9.17, 15) is 0 Å². The summed E-state index contributed by atoms with van der Waals surface area (Å²) in [7, 11) is 0.270. The maximum Gasteiger partial charge on any atom is 0.338 e. The van der Waals surface area contributed by atoms with Crippen molar-refractivity contribution in [2.24, 2.45) is 0 Å². The van der Waals surface area contributed by atoms with Crippen LogP contribution in [0, 0.1) is 10.2 Å². The highest BCUT2D eigenvalue weighted by Gasteiger charge is 2.34. The molecule has 2 heterocycles. The minimum atomic E-state index is -4.94. The average molecular weight is 325 g/mol. The van der Waals surface area contributed by atoms with Gasteiger partial charge in [0.1, 0.15) is 0 Å². The normalized spacial score (nSPS) is 16.9. The minimum Gasteiger partial charge on any atom is -0.466 e. The summed E-state index contributed by atoms with van der Waals surface area (Å²) >= 11 is 0. The first kappa shape index (κ1) is 17.8. The Bertz CT molecular complexity index is 435. The Balaban J connectivity index is 0.000000383. The summed E-state index contributed by atoms with van der Waals surface area (Å²) in [6.07, 6.45) is 2.40. The summed E-state index contributed by atoms with van der Waals surface area (Å²) in [6, 6.07) is 0.626. The largest absolute Gasteiger partial charge is 0.466 e. The smallest absolute Gasteiger partial charge is 0.338 e. The molecule has 1 aromatic heterocycles. The second-order valence-electron chi connectivity index (χ2n) is 4.54. The molecule has 0 aromatic carbocycles. The predicted octanol–water partition coefficient (Wildman–Crippen LogP) is -4.14. The van der Waals surface area contributed by atoms with E-state index in [1.54, 1.807) is 14.2 Å². The SMILES string of the molecule is COc1nc(OC)nc([N+]2(C)CCCC2)n1.[O-][Cl+3]([O-])([O-])[O-]. The standard InChI is InChI=1S/C10H17N4O2.ClHO4/c1-14(6-4-5-7-14)8-11-9(15-2)13-10(12-8)16-3;2-1(3,4)5/h4-7H2,1-3H3;(H,2,3,4,5)/q+1;/p-1. The van der Waals surface area contributed by atoms with Crippen molar-refractivity contribution in [1.29, 1.82) is 0 Å². The van der Waals surface area contributed by atoms with E-state index < -0.39 is 10.2 Å². The molecule has 11 heteroatoms. The number of quaternary nitrogens is 1. The molecule has 1 aromatic rings. The Hall–Kier alpha value is -1.30. The van der Waals surface area contributed by atoms with E-state index in [1.807, 2.05) is 0 Å². The van der Waals surface area contributed by atoms with Crippen LogP contribution in [0.5, 0.6) is 12.0 Å². The van der Waals surface area contributed by atoms with Crippen LogP contribution in [0.4, 0.5) is 5.95 Å². The number of hydrogen-bond donors (Lipinski definition) is 0. The lowest BCUT2D eigenvalue weighted by Crippen LogP contribution is -2.68. The van der Waals surface area contributed by atoms with Crippen LogP contribution >= 0.6 is 0 Å². The van der Waals surface area contributed by atoms with E-state index in [-0.39, 0.29) is 0 Å². The molecule has 0 spiro atoms. The molecule has 0 saturated carbocycles. The molecule has 10 nitrogen and oxygen atoms in total. The topological polar surface area (TPSA) is 149 Å². The summed E-state index contributed by atoms with van der Waals surface area (Å²) in [4.78, 5) is 12.6. The Morgan fingerprint density at radius 1 is 0.905 bits per heavy atom. The Kier molecular flexibility index (Phi) is 6.01. The zero-order chi connectivity index (χ0) is 16.1. The molecule has 2 rings (SSSR count). The number of rotatable bonds is 3. The molecule has 1 aliphatic heterocycles. The zero-order valence-corrected chi connectivity index (χ0v) is 12.7. The first-order valence-corrected chi connectivity index (χ1v) is 7.22. The van der Waals surface area contributed by atoms with E-state index in [1.165, 1.54) is 12.8 Å². The Labute approximate surface area is 123 Å². The van der Waals surface area contributed by atoms with Crippen LogP contribution in [0.2, 0.25) is 0 Å². The first-order valence-electron chi connectivity index (χ1n) is 5.99. The van der Waals surface area contributed by atoms with E-state index >= 15 is 0 Å². The molecule has 1 aliphatic rings. The maximum absolute atomic E-state index is 8.49. The van der Waals surface area contributed by atoms with Gasteiger partial charge in [-0.15, -0.1) is 25.2 Å². The molecular weight excluding hydrogens is 308 g/mol. The van der Waals surface area contributed by atoms with Gasteiger partial charge in [0.15, 0.2) is 0 Å². The average Bonchev–Trinajstić information content (AvgIpc) is 2.84. The van der Waals surface area contributed by atoms with Crippen molar-refractivity contribution in [2.75, 3.05) is 34.4 Å². The summed E-state index contributed by atoms with van der Waals surface area (Å²) in [6.45, 7) is 2.10. The highest BCUT2D eigenvalue weighted by atomic mass is 35.7. The molecule has 0 aliphatic carbocycles. The van der Waals surface area contributed by atoms with Crippen molar-refractivity contribution in [3.05, 3.63) is 0 Å². The van der Waals surface area contributed by atoms with Crippen molar-refractivity contribution >= 4 is 5.95 Å². The maximum atomic E-state index is 8.49. The van der Waals surface area contributed by atoms with Crippen LogP contribution in [-0.4, -0.2) is 49.3 Å². The third-order valence-electron chi connectivity index (χ3n) is 2.98. The van der Waals surface area contributed by atoms with Gasteiger partial charge in [0.2, 0.25) is 0 Å². The molecule has 0 atom stereocenters. The number of aromatic nitrogens is 3. The number of likely N-dealkylation sites (tertiary alicyclic amines) is 1. The van der Waals surface area contributed by atoms with E-state index in [0.717, 1.165) is 23.5 Å². The van der Waals surface area contributed by atoms with E-state index in [4.69, 9.17) is 28.1 Å². The fraction of sp³-hybridized carbons (Fsp3) is 0.700. The molecular formula is C10H17ClN4O6. The summed E-state index contributed by atoms with van der Waals surface area (Å²) in [5.74, 6) is 0.723. The molecule has 21 heavy (non-hydrogen) atoms. The predicted molar refractivity (Wildman–Crippen MR) is 59.6 cm³/mol. The van der Waals surface area contributed by atoms with Gasteiger partial charge in [-0.2, -0.15) is 0 Å². The van der Waals surface area contributed by atoms with Crippen molar-refractivity contribution < 1.29 is 38.4 Å². The molecule has 1 fully saturated rings. The zero-order valence-electron chi connectivity index (χ0n) is 11.9. The van der Waals surface area contributed by atoms with Gasteiger partial charge in [-0.1, -0.05) is 0 Å². The fourth-order valence-electron chi connectivity index (χ4n) is 1.99. The number of halogens is 1. The lowest BCUT2D eigenvalue weighted by Gasteiger charge is -2.25. The summed E-state index contributed by atoms with van der Waals surface area (Å²) < 4.78 is 44.8. The van der Waals surface area contributed by atoms with Gasteiger partial charge in [0.25, 0.3) is 0 Å². The van der Waals surface area contributed by atoms with Crippen LogP contribution in [0.1, 0.15) is 12.8 Å². The minimum absolute atomic E-state index is 0.313. The van der Waals surface area contributed by atoms with Crippen molar-refractivity contribution in [2.45, 2.75) is 12.8 Å². The molecule has 1 saturated heterocycles. The molecule has 0 radical (unpaired) electrons.